The van der Waals surface area contributed by atoms with Crippen LogP contribution in [0.5, 0.6) is 0 Å². The van der Waals surface area contributed by atoms with Gasteiger partial charge in [0.1, 0.15) is 0 Å². The maximum atomic E-state index is 8.72. The van der Waals surface area contributed by atoms with E-state index < -0.39 is 0 Å². The summed E-state index contributed by atoms with van der Waals surface area (Å²) in [7, 11) is 0. The van der Waals surface area contributed by atoms with Crippen LogP contribution in [0.4, 0.5) is 5.69 Å². The summed E-state index contributed by atoms with van der Waals surface area (Å²) in [5.74, 6) is 0. The molecule has 0 spiro atoms. The van der Waals surface area contributed by atoms with Crippen molar-refractivity contribution in [2.45, 2.75) is 52.5 Å². The van der Waals surface area contributed by atoms with Gasteiger partial charge in [-0.05, 0) is 45.2 Å². The first-order valence-corrected chi connectivity index (χ1v) is 7.34. The van der Waals surface area contributed by atoms with Gasteiger partial charge in [0.25, 0.3) is 0 Å². The molecule has 1 atom stereocenters. The summed E-state index contributed by atoms with van der Waals surface area (Å²) in [6, 6.07) is 8.94. The highest BCUT2D eigenvalue weighted by Crippen LogP contribution is 2.35. The normalized spacial score (nSPS) is 25.4. The average Bonchev–Trinajstić information content (AvgIpc) is 3.01. The molecule has 1 unspecified atom stereocenters. The fraction of sp³-hybridized carbons (Fsp3) is 0.529. The van der Waals surface area contributed by atoms with Gasteiger partial charge in [-0.1, -0.05) is 31.0 Å². The van der Waals surface area contributed by atoms with Gasteiger partial charge in [0.2, 0.25) is 0 Å². The first-order valence-electron chi connectivity index (χ1n) is 7.92. The van der Waals surface area contributed by atoms with Crippen molar-refractivity contribution in [3.8, 4) is 0 Å². The second kappa shape index (κ2) is 4.92. The van der Waals surface area contributed by atoms with Gasteiger partial charge < -0.3 is 9.80 Å². The molecule has 0 aromatic heterocycles. The minimum absolute atomic E-state index is 0.306. The predicted octanol–water partition coefficient (Wildman–Crippen LogP) is 4.27. The van der Waals surface area contributed by atoms with Crippen LogP contribution < -0.4 is 4.90 Å². The molecule has 0 radical (unpaired) electrons. The van der Waals surface area contributed by atoms with Crippen molar-refractivity contribution in [2.24, 2.45) is 0 Å². The molecule has 2 aliphatic rings. The Hall–Kier alpha value is -1.44. The van der Waals surface area contributed by atoms with Gasteiger partial charge in [-0.25, -0.2) is 0 Å². The summed E-state index contributed by atoms with van der Waals surface area (Å²) in [6.07, 6.45) is 5.10. The maximum absolute atomic E-state index is 8.72. The van der Waals surface area contributed by atoms with Crippen molar-refractivity contribution in [2.75, 3.05) is 11.5 Å². The van der Waals surface area contributed by atoms with Crippen molar-refractivity contribution in [1.29, 1.82) is 0 Å². The summed E-state index contributed by atoms with van der Waals surface area (Å²) in [6.45, 7) is 6.15. The number of hydrogen-bond donors (Lipinski definition) is 0. The number of rotatable bonds is 2. The van der Waals surface area contributed by atoms with Crippen molar-refractivity contribution in [3.63, 3.8) is 0 Å². The summed E-state index contributed by atoms with van der Waals surface area (Å²) in [4.78, 5) is 4.51. The zero-order valence-electron chi connectivity index (χ0n) is 13.2. The molecule has 1 aliphatic heterocycles. The van der Waals surface area contributed by atoms with Crippen molar-refractivity contribution < 1.29 is 1.37 Å². The van der Waals surface area contributed by atoms with Crippen LogP contribution in [0.2, 0.25) is 0 Å². The third kappa shape index (κ3) is 2.13. The van der Waals surface area contributed by atoms with Gasteiger partial charge in [-0.3, -0.25) is 0 Å². The molecular formula is C17H24N2. The largest absolute Gasteiger partial charge is 0.353 e. The highest BCUT2D eigenvalue weighted by atomic mass is 15.4. The zero-order chi connectivity index (χ0) is 14.3. The Morgan fingerprint density at radius 3 is 2.42 bits per heavy atom. The minimum atomic E-state index is -0.306. The van der Waals surface area contributed by atoms with Crippen LogP contribution in [0.3, 0.4) is 0 Å². The zero-order valence-corrected chi connectivity index (χ0v) is 12.2. The van der Waals surface area contributed by atoms with Crippen molar-refractivity contribution in [1.82, 2.24) is 4.90 Å². The average molecular weight is 257 g/mol. The Morgan fingerprint density at radius 2 is 1.74 bits per heavy atom. The van der Waals surface area contributed by atoms with Gasteiger partial charge >= 0.3 is 0 Å². The number of benzene rings is 1. The minimum Gasteiger partial charge on any atom is -0.353 e. The smallest absolute Gasteiger partial charge is 0.0949 e. The molecule has 0 bridgehead atoms. The number of anilines is 1. The number of allylic oxidation sites excluding steroid dienone is 2. The molecule has 0 N–H and O–H groups in total. The molecular weight excluding hydrogens is 232 g/mol. The number of nitrogens with zero attached hydrogens (tertiary/aromatic N) is 2. The van der Waals surface area contributed by atoms with E-state index in [1.54, 1.807) is 0 Å². The molecule has 3 rings (SSSR count). The molecule has 1 aliphatic carbocycles. The van der Waals surface area contributed by atoms with E-state index in [0.29, 0.717) is 6.04 Å². The van der Waals surface area contributed by atoms with E-state index in [0.717, 1.165) is 0 Å². The van der Waals surface area contributed by atoms with Gasteiger partial charge in [-0.15, -0.1) is 0 Å². The van der Waals surface area contributed by atoms with Crippen LogP contribution in [0.15, 0.2) is 35.7 Å². The third-order valence-corrected chi connectivity index (χ3v) is 4.61. The first kappa shape index (κ1) is 11.4. The van der Waals surface area contributed by atoms with Crippen LogP contribution in [-0.2, 0) is 0 Å². The van der Waals surface area contributed by atoms with Gasteiger partial charge in [0, 0.05) is 23.1 Å². The first-order chi connectivity index (χ1) is 9.61. The Balaban J connectivity index is 1.96. The fourth-order valence-electron chi connectivity index (χ4n) is 3.29. The molecule has 2 heteroatoms. The molecule has 1 aromatic rings. The highest BCUT2D eigenvalue weighted by molar-refractivity contribution is 5.59. The van der Waals surface area contributed by atoms with E-state index in [9.17, 15) is 0 Å². The van der Waals surface area contributed by atoms with Crippen LogP contribution in [-0.4, -0.2) is 17.6 Å². The lowest BCUT2D eigenvalue weighted by molar-refractivity contribution is 0.278. The fourth-order valence-corrected chi connectivity index (χ4v) is 3.29. The second-order valence-electron chi connectivity index (χ2n) is 5.79. The maximum Gasteiger partial charge on any atom is 0.0949 e. The lowest BCUT2D eigenvalue weighted by Crippen LogP contribution is -2.34. The molecule has 0 amide bonds. The molecule has 1 heterocycles. The molecule has 19 heavy (non-hydrogen) atoms. The molecule has 0 saturated heterocycles. The lowest BCUT2D eigenvalue weighted by atomic mass is 10.2. The summed E-state index contributed by atoms with van der Waals surface area (Å²) < 4.78 is 8.72. The SMILES string of the molecule is [2H]C1N(c2ccccc2C)C(C)=C(C)N1C1CCCC1. The topological polar surface area (TPSA) is 6.48 Å². The Bertz CT molecular complexity index is 532. The molecule has 102 valence electrons. The molecule has 1 fully saturated rings. The molecule has 2 nitrogen and oxygen atoms in total. The van der Waals surface area contributed by atoms with Crippen LogP contribution >= 0.6 is 0 Å². The Labute approximate surface area is 118 Å². The van der Waals surface area contributed by atoms with E-state index in [1.165, 1.54) is 48.3 Å². The van der Waals surface area contributed by atoms with Gasteiger partial charge in [-0.2, -0.15) is 0 Å². The van der Waals surface area contributed by atoms with E-state index in [-0.39, 0.29) is 6.64 Å². The molecule has 1 saturated carbocycles. The van der Waals surface area contributed by atoms with E-state index in [1.807, 2.05) is 0 Å². The second-order valence-corrected chi connectivity index (χ2v) is 5.79. The molecule has 1 aromatic carbocycles. The van der Waals surface area contributed by atoms with Gasteiger partial charge in [0.05, 0.1) is 8.02 Å². The van der Waals surface area contributed by atoms with E-state index in [2.05, 4.69) is 54.8 Å². The monoisotopic (exact) mass is 257 g/mol. The highest BCUT2D eigenvalue weighted by Gasteiger charge is 2.31. The Kier molecular flexibility index (Phi) is 2.95. The summed E-state index contributed by atoms with van der Waals surface area (Å²) in [5, 5.41) is 0. The summed E-state index contributed by atoms with van der Waals surface area (Å²) in [5.41, 5.74) is 4.92. The van der Waals surface area contributed by atoms with Crippen molar-refractivity contribution >= 4 is 5.69 Å². The van der Waals surface area contributed by atoms with Gasteiger partial charge in [0.15, 0.2) is 0 Å². The van der Waals surface area contributed by atoms with Crippen LogP contribution in [0, 0.1) is 6.92 Å². The summed E-state index contributed by atoms with van der Waals surface area (Å²) >= 11 is 0. The van der Waals surface area contributed by atoms with Crippen LogP contribution in [0.25, 0.3) is 0 Å². The van der Waals surface area contributed by atoms with E-state index >= 15 is 0 Å². The lowest BCUT2D eigenvalue weighted by Gasteiger charge is -2.29. The number of para-hydroxylation sites is 1. The predicted molar refractivity (Wildman–Crippen MR) is 81.0 cm³/mol. The standard InChI is InChI=1S/C17H24N2/c1-13-8-4-7-11-17(13)19-12-18(14(2)15(19)3)16-9-5-6-10-16/h4,7-8,11,16H,5-6,9-10,12H2,1-3H3/i12D. The van der Waals surface area contributed by atoms with Crippen molar-refractivity contribution in [3.05, 3.63) is 41.2 Å². The van der Waals surface area contributed by atoms with E-state index in [4.69, 9.17) is 1.37 Å². The Morgan fingerprint density at radius 1 is 1.05 bits per heavy atom. The quantitative estimate of drug-likeness (QED) is 0.780. The third-order valence-electron chi connectivity index (χ3n) is 4.61. The number of hydrogen-bond acceptors (Lipinski definition) is 2. The number of aryl methyl sites for hydroxylation is 1. The van der Waals surface area contributed by atoms with Crippen LogP contribution in [0.1, 0.15) is 46.5 Å².